The predicted molar refractivity (Wildman–Crippen MR) is 72.6 cm³/mol. The molecule has 0 saturated heterocycles. The van der Waals surface area contributed by atoms with E-state index in [9.17, 15) is 26.0 Å². The van der Waals surface area contributed by atoms with Crippen molar-refractivity contribution >= 4 is 15.5 Å². The molecule has 0 aliphatic heterocycles. The van der Waals surface area contributed by atoms with Crippen LogP contribution in [0.5, 0.6) is 0 Å². The van der Waals surface area contributed by atoms with E-state index in [2.05, 4.69) is 5.32 Å². The first-order valence-corrected chi connectivity index (χ1v) is 7.51. The maximum absolute atomic E-state index is 13.2. The third-order valence-electron chi connectivity index (χ3n) is 2.69. The van der Waals surface area contributed by atoms with E-state index in [-0.39, 0.29) is 18.8 Å². The molecule has 126 valence electrons. The molecule has 10 heteroatoms. The van der Waals surface area contributed by atoms with Gasteiger partial charge in [0.2, 0.25) is 0 Å². The minimum Gasteiger partial charge on any atom is -0.383 e. The smallest absolute Gasteiger partial charge is 0.383 e. The number of alkyl halides is 3. The molecule has 0 heterocycles. The minimum absolute atomic E-state index is 0.0765. The summed E-state index contributed by atoms with van der Waals surface area (Å²) in [6, 6.07) is 2.08. The molecule has 3 N–H and O–H groups in total. The van der Waals surface area contributed by atoms with Crippen LogP contribution in [0, 0.1) is 5.82 Å². The summed E-state index contributed by atoms with van der Waals surface area (Å²) < 4.78 is 78.9. The first-order valence-electron chi connectivity index (χ1n) is 6.03. The lowest BCUT2D eigenvalue weighted by Gasteiger charge is -2.25. The second-order valence-electron chi connectivity index (χ2n) is 5.03. The molecule has 1 aromatic carbocycles. The highest BCUT2D eigenvalue weighted by Crippen LogP contribution is 2.34. The van der Waals surface area contributed by atoms with Crippen molar-refractivity contribution in [3.8, 4) is 0 Å². The lowest BCUT2D eigenvalue weighted by Crippen LogP contribution is -2.47. The maximum Gasteiger partial charge on any atom is 0.501 e. The zero-order valence-electron chi connectivity index (χ0n) is 11.9. The summed E-state index contributed by atoms with van der Waals surface area (Å²) in [6.45, 7) is 1.57. The van der Waals surface area contributed by atoms with Gasteiger partial charge in [-0.05, 0) is 25.1 Å². The van der Waals surface area contributed by atoms with Gasteiger partial charge in [-0.3, -0.25) is 0 Å². The van der Waals surface area contributed by atoms with Gasteiger partial charge in [0.05, 0.1) is 17.8 Å². The third-order valence-corrected chi connectivity index (χ3v) is 4.22. The second kappa shape index (κ2) is 6.39. The largest absolute Gasteiger partial charge is 0.501 e. The topological polar surface area (TPSA) is 81.4 Å². The van der Waals surface area contributed by atoms with Crippen LogP contribution in [0.1, 0.15) is 6.92 Å². The van der Waals surface area contributed by atoms with Crippen molar-refractivity contribution in [1.29, 1.82) is 0 Å². The minimum atomic E-state index is -5.68. The number of halogens is 4. The van der Waals surface area contributed by atoms with E-state index in [1.165, 1.54) is 7.11 Å². The highest BCUT2D eigenvalue weighted by molar-refractivity contribution is 7.92. The van der Waals surface area contributed by atoms with Crippen LogP contribution in [-0.2, 0) is 14.6 Å². The number of anilines is 1. The van der Waals surface area contributed by atoms with E-state index in [0.717, 1.165) is 12.1 Å². The van der Waals surface area contributed by atoms with Gasteiger partial charge >= 0.3 is 5.51 Å². The van der Waals surface area contributed by atoms with Gasteiger partial charge in [0, 0.05) is 13.7 Å². The molecule has 1 atom stereocenters. The normalized spacial score (nSPS) is 15.4. The number of sulfone groups is 1. The molecule has 0 saturated carbocycles. The number of nitrogens with two attached hydrogens (primary N) is 1. The molecule has 0 radical (unpaired) electrons. The number of methoxy groups -OCH3 is 1. The summed E-state index contributed by atoms with van der Waals surface area (Å²) >= 11 is 0. The Morgan fingerprint density at radius 3 is 2.41 bits per heavy atom. The molecule has 0 bridgehead atoms. The molecule has 0 aromatic heterocycles. The number of ether oxygens (including phenoxy) is 1. The van der Waals surface area contributed by atoms with E-state index < -0.39 is 31.6 Å². The van der Waals surface area contributed by atoms with Crippen molar-refractivity contribution in [1.82, 2.24) is 0 Å². The van der Waals surface area contributed by atoms with E-state index in [1.807, 2.05) is 0 Å². The summed E-state index contributed by atoms with van der Waals surface area (Å²) in [5.41, 5.74) is -1.05. The molecule has 0 aliphatic carbocycles. The van der Waals surface area contributed by atoms with E-state index in [1.54, 1.807) is 6.92 Å². The molecule has 1 aromatic rings. The number of benzene rings is 1. The van der Waals surface area contributed by atoms with Crippen LogP contribution in [0.2, 0.25) is 0 Å². The Balaban J connectivity index is 3.18. The molecule has 5 nitrogen and oxygen atoms in total. The first kappa shape index (κ1) is 18.7. The van der Waals surface area contributed by atoms with E-state index in [4.69, 9.17) is 10.5 Å². The van der Waals surface area contributed by atoms with Crippen molar-refractivity contribution in [3.63, 3.8) is 0 Å². The van der Waals surface area contributed by atoms with Crippen LogP contribution in [-0.4, -0.2) is 39.7 Å². The van der Waals surface area contributed by atoms with Crippen LogP contribution in [0.4, 0.5) is 23.2 Å². The fraction of sp³-hybridized carbons (Fsp3) is 0.500. The van der Waals surface area contributed by atoms with Gasteiger partial charge in [-0.2, -0.15) is 13.2 Å². The third kappa shape index (κ3) is 4.31. The lowest BCUT2D eigenvalue weighted by molar-refractivity contribution is -0.0435. The Labute approximate surface area is 125 Å². The fourth-order valence-electron chi connectivity index (χ4n) is 1.67. The van der Waals surface area contributed by atoms with Crippen LogP contribution in [0.3, 0.4) is 0 Å². The Morgan fingerprint density at radius 1 is 1.32 bits per heavy atom. The van der Waals surface area contributed by atoms with Crippen LogP contribution < -0.4 is 11.1 Å². The fourth-order valence-corrected chi connectivity index (χ4v) is 2.61. The highest BCUT2D eigenvalue weighted by atomic mass is 32.2. The van der Waals surface area contributed by atoms with Crippen molar-refractivity contribution in [2.75, 3.05) is 25.6 Å². The molecular formula is C12H16F4N2O3S. The van der Waals surface area contributed by atoms with Crippen molar-refractivity contribution in [3.05, 3.63) is 24.0 Å². The second-order valence-corrected chi connectivity index (χ2v) is 6.94. The standard InChI is InChI=1S/C12H16F4N2O3S/c1-11(17,7-21-2)6-18-9-4-3-8(13)5-10(9)22(19,20)12(14,15)16/h3-5,18H,6-7,17H2,1-2H3/t11-/m0/s1. The van der Waals surface area contributed by atoms with Crippen molar-refractivity contribution in [2.24, 2.45) is 5.73 Å². The number of hydrogen-bond acceptors (Lipinski definition) is 5. The summed E-state index contributed by atoms with van der Waals surface area (Å²) in [5, 5.41) is 2.49. The molecule has 0 fully saturated rings. The Bertz CT molecular complexity index is 630. The Morgan fingerprint density at radius 2 is 1.91 bits per heavy atom. The van der Waals surface area contributed by atoms with Crippen LogP contribution in [0.25, 0.3) is 0 Å². The summed E-state index contributed by atoms with van der Waals surface area (Å²) in [4.78, 5) is -1.19. The SMILES string of the molecule is COC[C@@](C)(N)CNc1ccc(F)cc1S(=O)(=O)C(F)(F)F. The summed E-state index contributed by atoms with van der Waals surface area (Å²) in [5.74, 6) is -1.10. The van der Waals surface area contributed by atoms with E-state index in [0.29, 0.717) is 6.07 Å². The zero-order chi connectivity index (χ0) is 17.2. The molecule has 22 heavy (non-hydrogen) atoms. The predicted octanol–water partition coefficient (Wildman–Crippen LogP) is 1.89. The average molecular weight is 344 g/mol. The van der Waals surface area contributed by atoms with Crippen LogP contribution in [0.15, 0.2) is 23.1 Å². The average Bonchev–Trinajstić information content (AvgIpc) is 2.35. The number of rotatable bonds is 6. The van der Waals surface area contributed by atoms with Gasteiger partial charge in [-0.1, -0.05) is 0 Å². The Kier molecular flexibility index (Phi) is 5.42. The van der Waals surface area contributed by atoms with Gasteiger partial charge in [0.15, 0.2) is 0 Å². The van der Waals surface area contributed by atoms with Gasteiger partial charge in [0.1, 0.15) is 10.7 Å². The molecule has 0 amide bonds. The van der Waals surface area contributed by atoms with Gasteiger partial charge in [-0.15, -0.1) is 0 Å². The molecule has 0 spiro atoms. The zero-order valence-corrected chi connectivity index (χ0v) is 12.7. The molecule has 0 unspecified atom stereocenters. The summed E-state index contributed by atoms with van der Waals surface area (Å²) in [6.07, 6.45) is 0. The van der Waals surface area contributed by atoms with E-state index >= 15 is 0 Å². The molecule has 1 rings (SSSR count). The Hall–Kier alpha value is -1.39. The highest BCUT2D eigenvalue weighted by Gasteiger charge is 2.48. The number of hydrogen-bond donors (Lipinski definition) is 2. The van der Waals surface area contributed by atoms with Gasteiger partial charge in [0.25, 0.3) is 9.84 Å². The van der Waals surface area contributed by atoms with Crippen LogP contribution >= 0.6 is 0 Å². The van der Waals surface area contributed by atoms with Crippen molar-refractivity contribution < 1.29 is 30.7 Å². The quantitative estimate of drug-likeness (QED) is 0.771. The monoisotopic (exact) mass is 344 g/mol. The van der Waals surface area contributed by atoms with Gasteiger partial charge in [-0.25, -0.2) is 12.8 Å². The number of nitrogens with one attached hydrogen (secondary N) is 1. The first-order chi connectivity index (χ1) is 9.90. The lowest BCUT2D eigenvalue weighted by atomic mass is 10.1. The van der Waals surface area contributed by atoms with Gasteiger partial charge < -0.3 is 15.8 Å². The van der Waals surface area contributed by atoms with Crippen molar-refractivity contribution in [2.45, 2.75) is 22.9 Å². The summed E-state index contributed by atoms with van der Waals surface area (Å²) in [7, 11) is -4.29. The molecule has 0 aliphatic rings. The maximum atomic E-state index is 13.2. The molecular weight excluding hydrogens is 328 g/mol.